The van der Waals surface area contributed by atoms with E-state index in [9.17, 15) is 9.18 Å². The third-order valence-electron chi connectivity index (χ3n) is 2.86. The van der Waals surface area contributed by atoms with Gasteiger partial charge in [0.15, 0.2) is 0 Å². The number of nitrogens with one attached hydrogen (secondary N) is 1. The van der Waals surface area contributed by atoms with Crippen molar-refractivity contribution in [3.8, 4) is 0 Å². The summed E-state index contributed by atoms with van der Waals surface area (Å²) in [5, 5.41) is 3.11. The lowest BCUT2D eigenvalue weighted by Crippen LogP contribution is -2.54. The number of amides is 1. The number of carbonyl (C=O) groups excluding carboxylic acids is 1. The second-order valence-electron chi connectivity index (χ2n) is 4.66. The summed E-state index contributed by atoms with van der Waals surface area (Å²) in [6.07, 6.45) is 0. The molecule has 0 bridgehead atoms. The summed E-state index contributed by atoms with van der Waals surface area (Å²) in [6.45, 7) is 8.52. The van der Waals surface area contributed by atoms with Crippen LogP contribution in [0.15, 0.2) is 24.3 Å². The molecular formula is C14H21FN2O. The molecule has 1 aromatic carbocycles. The van der Waals surface area contributed by atoms with Gasteiger partial charge in [-0.1, -0.05) is 19.1 Å². The number of likely N-dealkylation sites (N-methyl/N-ethyl adjacent to an activating group) is 2. The van der Waals surface area contributed by atoms with Crippen molar-refractivity contribution < 1.29 is 9.18 Å². The first-order valence-corrected chi connectivity index (χ1v) is 6.25. The van der Waals surface area contributed by atoms with Crippen molar-refractivity contribution in [3.05, 3.63) is 30.1 Å². The fourth-order valence-electron chi connectivity index (χ4n) is 1.95. The van der Waals surface area contributed by atoms with E-state index in [4.69, 9.17) is 0 Å². The van der Waals surface area contributed by atoms with E-state index in [1.54, 1.807) is 18.2 Å². The van der Waals surface area contributed by atoms with Crippen molar-refractivity contribution in [2.24, 2.45) is 0 Å². The maximum atomic E-state index is 13.7. The number of benzene rings is 1. The van der Waals surface area contributed by atoms with E-state index in [-0.39, 0.29) is 11.7 Å². The van der Waals surface area contributed by atoms with Crippen LogP contribution in [0.5, 0.6) is 0 Å². The first kappa shape index (κ1) is 14.6. The van der Waals surface area contributed by atoms with Gasteiger partial charge in [0.2, 0.25) is 5.91 Å². The Bertz CT molecular complexity index is 418. The Labute approximate surface area is 108 Å². The summed E-state index contributed by atoms with van der Waals surface area (Å²) in [7, 11) is 0. The van der Waals surface area contributed by atoms with Crippen LogP contribution in [-0.2, 0) is 4.79 Å². The molecule has 1 rings (SSSR count). The van der Waals surface area contributed by atoms with E-state index in [0.29, 0.717) is 18.8 Å². The average Bonchev–Trinajstić information content (AvgIpc) is 2.32. The van der Waals surface area contributed by atoms with Gasteiger partial charge in [0.25, 0.3) is 0 Å². The molecule has 0 saturated heterocycles. The predicted octanol–water partition coefficient (Wildman–Crippen LogP) is 2.57. The molecule has 3 nitrogen and oxygen atoms in total. The summed E-state index contributed by atoms with van der Waals surface area (Å²) in [5.41, 5.74) is -0.372. The smallest absolute Gasteiger partial charge is 0.246 e. The van der Waals surface area contributed by atoms with Crippen molar-refractivity contribution in [2.45, 2.75) is 33.2 Å². The number of para-hydroxylation sites is 1. The Morgan fingerprint density at radius 3 is 2.44 bits per heavy atom. The van der Waals surface area contributed by atoms with Gasteiger partial charge in [-0.2, -0.15) is 0 Å². The fourth-order valence-corrected chi connectivity index (χ4v) is 1.95. The fraction of sp³-hybridized carbons (Fsp3) is 0.500. The summed E-state index contributed by atoms with van der Waals surface area (Å²) >= 11 is 0. The highest BCUT2D eigenvalue weighted by Crippen LogP contribution is 2.21. The minimum Gasteiger partial charge on any atom is -0.308 e. The van der Waals surface area contributed by atoms with Crippen LogP contribution in [0.2, 0.25) is 0 Å². The summed E-state index contributed by atoms with van der Waals surface area (Å²) < 4.78 is 13.7. The second-order valence-corrected chi connectivity index (χ2v) is 4.66. The molecule has 0 radical (unpaired) electrons. The van der Waals surface area contributed by atoms with E-state index >= 15 is 0 Å². The summed E-state index contributed by atoms with van der Waals surface area (Å²) in [6, 6.07) is 6.34. The molecular weight excluding hydrogens is 231 g/mol. The summed E-state index contributed by atoms with van der Waals surface area (Å²) in [5.74, 6) is -0.503. The predicted molar refractivity (Wildman–Crippen MR) is 72.2 cm³/mol. The number of hydrogen-bond donors (Lipinski definition) is 1. The van der Waals surface area contributed by atoms with Crippen molar-refractivity contribution in [1.82, 2.24) is 5.32 Å². The van der Waals surface area contributed by atoms with E-state index in [1.165, 1.54) is 11.0 Å². The largest absolute Gasteiger partial charge is 0.308 e. The van der Waals surface area contributed by atoms with Crippen molar-refractivity contribution in [3.63, 3.8) is 0 Å². The Balaban J connectivity index is 3.04. The Morgan fingerprint density at radius 1 is 1.33 bits per heavy atom. The zero-order valence-electron chi connectivity index (χ0n) is 11.5. The molecule has 0 atom stereocenters. The maximum Gasteiger partial charge on any atom is 0.246 e. The SMILES string of the molecule is CCNC(C)(C)C(=O)N(CC)c1ccccc1F. The van der Waals surface area contributed by atoms with Crippen LogP contribution >= 0.6 is 0 Å². The molecule has 0 saturated carbocycles. The van der Waals surface area contributed by atoms with E-state index < -0.39 is 5.54 Å². The van der Waals surface area contributed by atoms with Crippen molar-refractivity contribution in [1.29, 1.82) is 0 Å². The number of nitrogens with zero attached hydrogens (tertiary/aromatic N) is 1. The van der Waals surface area contributed by atoms with Crippen LogP contribution in [0.25, 0.3) is 0 Å². The molecule has 4 heteroatoms. The normalized spacial score (nSPS) is 11.4. The molecule has 0 unspecified atom stereocenters. The van der Waals surface area contributed by atoms with Gasteiger partial charge >= 0.3 is 0 Å². The molecule has 0 aliphatic rings. The van der Waals surface area contributed by atoms with Crippen LogP contribution in [0, 0.1) is 5.82 Å². The number of hydrogen-bond acceptors (Lipinski definition) is 2. The molecule has 100 valence electrons. The standard InChI is InChI=1S/C14H21FN2O/c1-5-16-14(3,4)13(18)17(6-2)12-10-8-7-9-11(12)15/h7-10,16H,5-6H2,1-4H3. The van der Waals surface area contributed by atoms with Gasteiger partial charge in [0, 0.05) is 6.54 Å². The molecule has 0 spiro atoms. The monoisotopic (exact) mass is 252 g/mol. The molecule has 0 aliphatic carbocycles. The minimum absolute atomic E-state index is 0.128. The van der Waals surface area contributed by atoms with Crippen LogP contribution in [-0.4, -0.2) is 24.5 Å². The van der Waals surface area contributed by atoms with Gasteiger partial charge in [-0.3, -0.25) is 4.79 Å². The lowest BCUT2D eigenvalue weighted by Gasteiger charge is -2.32. The minimum atomic E-state index is -0.701. The Kier molecular flexibility index (Phi) is 4.84. The third kappa shape index (κ3) is 3.07. The molecule has 1 N–H and O–H groups in total. The maximum absolute atomic E-state index is 13.7. The van der Waals surface area contributed by atoms with E-state index in [2.05, 4.69) is 5.32 Å². The molecule has 1 aromatic rings. The first-order valence-electron chi connectivity index (χ1n) is 6.25. The Morgan fingerprint density at radius 2 is 1.94 bits per heavy atom. The van der Waals surface area contributed by atoms with Crippen LogP contribution < -0.4 is 10.2 Å². The molecule has 1 amide bonds. The van der Waals surface area contributed by atoms with Gasteiger partial charge in [-0.05, 0) is 39.4 Å². The van der Waals surface area contributed by atoms with Gasteiger partial charge in [0.05, 0.1) is 11.2 Å². The van der Waals surface area contributed by atoms with Crippen LogP contribution in [0.4, 0.5) is 10.1 Å². The van der Waals surface area contributed by atoms with E-state index in [0.717, 1.165) is 0 Å². The lowest BCUT2D eigenvalue weighted by molar-refractivity contribution is -0.123. The highest BCUT2D eigenvalue weighted by Gasteiger charge is 2.31. The number of anilines is 1. The number of carbonyl (C=O) groups is 1. The molecule has 0 fully saturated rings. The second kappa shape index (κ2) is 5.96. The van der Waals surface area contributed by atoms with E-state index in [1.807, 2.05) is 27.7 Å². The van der Waals surface area contributed by atoms with Crippen LogP contribution in [0.1, 0.15) is 27.7 Å². The van der Waals surface area contributed by atoms with Crippen molar-refractivity contribution >= 4 is 11.6 Å². The van der Waals surface area contributed by atoms with Gasteiger partial charge in [-0.25, -0.2) is 4.39 Å². The van der Waals surface area contributed by atoms with Crippen molar-refractivity contribution in [2.75, 3.05) is 18.0 Å². The van der Waals surface area contributed by atoms with Gasteiger partial charge < -0.3 is 10.2 Å². The van der Waals surface area contributed by atoms with Gasteiger partial charge in [-0.15, -0.1) is 0 Å². The molecule has 0 heterocycles. The molecule has 0 aliphatic heterocycles. The van der Waals surface area contributed by atoms with Crippen LogP contribution in [0.3, 0.4) is 0 Å². The first-order chi connectivity index (χ1) is 8.44. The third-order valence-corrected chi connectivity index (χ3v) is 2.86. The Hall–Kier alpha value is -1.42. The van der Waals surface area contributed by atoms with Gasteiger partial charge in [0.1, 0.15) is 5.82 Å². The molecule has 18 heavy (non-hydrogen) atoms. The highest BCUT2D eigenvalue weighted by atomic mass is 19.1. The topological polar surface area (TPSA) is 32.3 Å². The lowest BCUT2D eigenvalue weighted by atomic mass is 10.0. The average molecular weight is 252 g/mol. The molecule has 0 aromatic heterocycles. The zero-order valence-corrected chi connectivity index (χ0v) is 11.5. The number of rotatable bonds is 5. The quantitative estimate of drug-likeness (QED) is 0.873. The zero-order chi connectivity index (χ0) is 13.8. The summed E-state index contributed by atoms with van der Waals surface area (Å²) in [4.78, 5) is 13.9. The highest BCUT2D eigenvalue weighted by molar-refractivity contribution is 5.99. The number of halogens is 1.